The Hall–Kier alpha value is -1.39. The van der Waals surface area contributed by atoms with Gasteiger partial charge in [0.25, 0.3) is 11.8 Å². The van der Waals surface area contributed by atoms with E-state index < -0.39 is 5.97 Å². The molecule has 1 aliphatic heterocycles. The Labute approximate surface area is 87.3 Å². The molecule has 5 heteroatoms. The number of carbonyl (C=O) groups excluding carboxylic acids is 3. The molecule has 2 atom stereocenters. The third-order valence-corrected chi connectivity index (χ3v) is 3.02. The highest BCUT2D eigenvalue weighted by molar-refractivity contribution is 6.04. The van der Waals surface area contributed by atoms with E-state index in [4.69, 9.17) is 0 Å². The Morgan fingerprint density at radius 1 is 1.20 bits per heavy atom. The van der Waals surface area contributed by atoms with Crippen LogP contribution in [-0.2, 0) is 19.2 Å². The molecule has 2 fully saturated rings. The molecule has 82 valence electrons. The monoisotopic (exact) mass is 211 g/mol. The third kappa shape index (κ3) is 1.62. The van der Waals surface area contributed by atoms with E-state index in [0.29, 0.717) is 5.06 Å². The highest BCUT2D eigenvalue weighted by atomic mass is 16.7. The maximum Gasteiger partial charge on any atom is 0.330 e. The predicted molar refractivity (Wildman–Crippen MR) is 49.1 cm³/mol. The quantitative estimate of drug-likeness (QED) is 0.597. The Morgan fingerprint density at radius 2 is 1.67 bits per heavy atom. The van der Waals surface area contributed by atoms with E-state index in [1.54, 1.807) is 0 Å². The summed E-state index contributed by atoms with van der Waals surface area (Å²) in [6.45, 7) is 1.18. The first kappa shape index (κ1) is 10.1. The van der Waals surface area contributed by atoms with Gasteiger partial charge in [-0.2, -0.15) is 0 Å². The van der Waals surface area contributed by atoms with Crippen LogP contribution in [0.25, 0.3) is 0 Å². The molecule has 1 heterocycles. The van der Waals surface area contributed by atoms with Gasteiger partial charge >= 0.3 is 5.97 Å². The van der Waals surface area contributed by atoms with Crippen molar-refractivity contribution in [3.05, 3.63) is 0 Å². The fourth-order valence-corrected chi connectivity index (χ4v) is 2.35. The number of rotatable bonds is 1. The molecule has 1 saturated carbocycles. The van der Waals surface area contributed by atoms with E-state index >= 15 is 0 Å². The van der Waals surface area contributed by atoms with Crippen LogP contribution in [0.3, 0.4) is 0 Å². The Bertz CT molecular complexity index is 301. The van der Waals surface area contributed by atoms with Gasteiger partial charge in [0, 0.05) is 6.92 Å². The SMILES string of the molecule is CC(=O)ON1C(=O)C2CCCCC2C1=O. The number of amides is 2. The molecule has 1 aliphatic carbocycles. The maximum atomic E-state index is 11.7. The molecule has 0 N–H and O–H groups in total. The molecule has 2 rings (SSSR count). The molecule has 5 nitrogen and oxygen atoms in total. The second-order valence-corrected chi connectivity index (χ2v) is 4.05. The lowest BCUT2D eigenvalue weighted by molar-refractivity contribution is -0.197. The van der Waals surface area contributed by atoms with Gasteiger partial charge in [0.1, 0.15) is 0 Å². The molecule has 0 spiro atoms. The van der Waals surface area contributed by atoms with Crippen LogP contribution in [-0.4, -0.2) is 22.8 Å². The number of nitrogens with zero attached hydrogens (tertiary/aromatic N) is 1. The van der Waals surface area contributed by atoms with Gasteiger partial charge in [-0.3, -0.25) is 9.59 Å². The van der Waals surface area contributed by atoms with E-state index in [1.165, 1.54) is 6.92 Å². The fraction of sp³-hybridized carbons (Fsp3) is 0.700. The van der Waals surface area contributed by atoms with Crippen LogP contribution in [0.2, 0.25) is 0 Å². The molecule has 0 aromatic carbocycles. The zero-order valence-electron chi connectivity index (χ0n) is 8.56. The summed E-state index contributed by atoms with van der Waals surface area (Å²) in [5.74, 6) is -1.84. The van der Waals surface area contributed by atoms with E-state index in [2.05, 4.69) is 4.84 Å². The van der Waals surface area contributed by atoms with Crippen LogP contribution in [0.5, 0.6) is 0 Å². The Kier molecular flexibility index (Phi) is 2.46. The van der Waals surface area contributed by atoms with Gasteiger partial charge in [0.05, 0.1) is 11.8 Å². The zero-order chi connectivity index (χ0) is 11.0. The van der Waals surface area contributed by atoms with Crippen LogP contribution in [0.15, 0.2) is 0 Å². The van der Waals surface area contributed by atoms with Gasteiger partial charge in [0.15, 0.2) is 0 Å². The minimum Gasteiger partial charge on any atom is -0.331 e. The van der Waals surface area contributed by atoms with E-state index in [0.717, 1.165) is 25.7 Å². The molecule has 2 unspecified atom stereocenters. The molecule has 2 aliphatic rings. The summed E-state index contributed by atoms with van der Waals surface area (Å²) in [4.78, 5) is 38.8. The molecular weight excluding hydrogens is 198 g/mol. The van der Waals surface area contributed by atoms with Gasteiger partial charge in [-0.25, -0.2) is 4.79 Å². The van der Waals surface area contributed by atoms with E-state index in [-0.39, 0.29) is 23.7 Å². The normalized spacial score (nSPS) is 30.3. The number of imide groups is 1. The topological polar surface area (TPSA) is 63.7 Å². The minimum atomic E-state index is -0.629. The van der Waals surface area contributed by atoms with Gasteiger partial charge in [-0.15, -0.1) is 5.06 Å². The highest BCUT2D eigenvalue weighted by Crippen LogP contribution is 2.37. The third-order valence-electron chi connectivity index (χ3n) is 3.02. The van der Waals surface area contributed by atoms with Crippen molar-refractivity contribution in [3.63, 3.8) is 0 Å². The smallest absolute Gasteiger partial charge is 0.330 e. The standard InChI is InChI=1S/C10H13NO4/c1-6(12)15-11-9(13)7-4-2-3-5-8(7)10(11)14/h7-8H,2-5H2,1H3. The van der Waals surface area contributed by atoms with Crippen molar-refractivity contribution < 1.29 is 19.2 Å². The van der Waals surface area contributed by atoms with Crippen molar-refractivity contribution >= 4 is 17.8 Å². The van der Waals surface area contributed by atoms with Crippen molar-refractivity contribution in [2.75, 3.05) is 0 Å². The van der Waals surface area contributed by atoms with Crippen LogP contribution in [0, 0.1) is 11.8 Å². The first-order valence-electron chi connectivity index (χ1n) is 5.17. The lowest BCUT2D eigenvalue weighted by atomic mass is 9.81. The summed E-state index contributed by atoms with van der Waals surface area (Å²) in [6.07, 6.45) is 3.39. The molecule has 2 amide bonds. The molecule has 0 aromatic heterocycles. The van der Waals surface area contributed by atoms with Crippen molar-refractivity contribution in [3.8, 4) is 0 Å². The van der Waals surface area contributed by atoms with Gasteiger partial charge < -0.3 is 4.84 Å². The summed E-state index contributed by atoms with van der Waals surface area (Å²) in [5.41, 5.74) is 0. The summed E-state index contributed by atoms with van der Waals surface area (Å²) in [7, 11) is 0. The predicted octanol–water partition coefficient (Wildman–Crippen LogP) is 0.640. The first-order valence-corrected chi connectivity index (χ1v) is 5.17. The minimum absolute atomic E-state index is 0.259. The summed E-state index contributed by atoms with van der Waals surface area (Å²) < 4.78 is 0. The number of hydrogen-bond acceptors (Lipinski definition) is 4. The summed E-state index contributed by atoms with van der Waals surface area (Å²) in [5, 5.41) is 0.656. The van der Waals surface area contributed by atoms with Crippen LogP contribution >= 0.6 is 0 Å². The number of hydroxylamine groups is 2. The Morgan fingerprint density at radius 3 is 2.07 bits per heavy atom. The van der Waals surface area contributed by atoms with Gasteiger partial charge in [0.2, 0.25) is 0 Å². The molecule has 15 heavy (non-hydrogen) atoms. The van der Waals surface area contributed by atoms with E-state index in [1.807, 2.05) is 0 Å². The lowest BCUT2D eigenvalue weighted by Crippen LogP contribution is -2.32. The van der Waals surface area contributed by atoms with Crippen LogP contribution in [0.4, 0.5) is 0 Å². The second-order valence-electron chi connectivity index (χ2n) is 4.05. The van der Waals surface area contributed by atoms with Crippen LogP contribution in [0.1, 0.15) is 32.6 Å². The first-order chi connectivity index (χ1) is 7.11. The molecule has 0 bridgehead atoms. The second kappa shape index (κ2) is 3.64. The van der Waals surface area contributed by atoms with Crippen molar-refractivity contribution in [2.24, 2.45) is 11.8 Å². The Balaban J connectivity index is 2.17. The van der Waals surface area contributed by atoms with Crippen molar-refractivity contribution in [2.45, 2.75) is 32.6 Å². The van der Waals surface area contributed by atoms with Gasteiger partial charge in [-0.1, -0.05) is 12.8 Å². The molecule has 0 aromatic rings. The number of hydrogen-bond donors (Lipinski definition) is 0. The molecular formula is C10H13NO4. The number of fused-ring (bicyclic) bond motifs is 1. The maximum absolute atomic E-state index is 11.7. The molecule has 0 radical (unpaired) electrons. The summed E-state index contributed by atoms with van der Waals surface area (Å²) >= 11 is 0. The summed E-state index contributed by atoms with van der Waals surface area (Å²) in [6, 6.07) is 0. The van der Waals surface area contributed by atoms with E-state index in [9.17, 15) is 14.4 Å². The average Bonchev–Trinajstić information content (AvgIpc) is 2.44. The zero-order valence-corrected chi connectivity index (χ0v) is 8.56. The average molecular weight is 211 g/mol. The largest absolute Gasteiger partial charge is 0.331 e. The van der Waals surface area contributed by atoms with Crippen molar-refractivity contribution in [1.82, 2.24) is 5.06 Å². The number of carbonyl (C=O) groups is 3. The van der Waals surface area contributed by atoms with Crippen LogP contribution < -0.4 is 0 Å². The lowest BCUT2D eigenvalue weighted by Gasteiger charge is -2.19. The highest BCUT2D eigenvalue weighted by Gasteiger charge is 2.50. The molecule has 1 saturated heterocycles. The van der Waals surface area contributed by atoms with Crippen molar-refractivity contribution in [1.29, 1.82) is 0 Å². The fourth-order valence-electron chi connectivity index (χ4n) is 2.35. The van der Waals surface area contributed by atoms with Gasteiger partial charge in [-0.05, 0) is 12.8 Å².